The Kier molecular flexibility index (Phi) is 8.26. The average Bonchev–Trinajstić information content (AvgIpc) is 2.51. The Bertz CT molecular complexity index is 510. The fourth-order valence-corrected chi connectivity index (χ4v) is 1.99. The summed E-state index contributed by atoms with van der Waals surface area (Å²) in [6.45, 7) is 5.44. The standard InChI is InChI=1S/C18H27NO5/c1-18(2,3)24-17(22)19-15(11-7-8-12-20)16(21)23-13-14-9-5-4-6-10-14/h4-6,9-10,15,20H,7-8,11-13H2,1-3H3,(H,19,22)/t15-/m1/s1. The lowest BCUT2D eigenvalue weighted by Crippen LogP contribution is -2.44. The van der Waals surface area contributed by atoms with Gasteiger partial charge < -0.3 is 19.9 Å². The second-order valence-electron chi connectivity index (χ2n) is 6.51. The maximum atomic E-state index is 12.3. The van der Waals surface area contributed by atoms with E-state index in [4.69, 9.17) is 14.6 Å². The monoisotopic (exact) mass is 337 g/mol. The van der Waals surface area contributed by atoms with Gasteiger partial charge in [0, 0.05) is 6.61 Å². The quantitative estimate of drug-likeness (QED) is 0.563. The van der Waals surface area contributed by atoms with E-state index < -0.39 is 23.7 Å². The molecule has 0 heterocycles. The van der Waals surface area contributed by atoms with Crippen LogP contribution in [0.25, 0.3) is 0 Å². The molecule has 0 aliphatic carbocycles. The van der Waals surface area contributed by atoms with Gasteiger partial charge in [0.15, 0.2) is 0 Å². The van der Waals surface area contributed by atoms with Crippen LogP contribution in [0.3, 0.4) is 0 Å². The van der Waals surface area contributed by atoms with Crippen molar-refractivity contribution in [1.82, 2.24) is 5.32 Å². The van der Waals surface area contributed by atoms with Gasteiger partial charge in [-0.3, -0.25) is 0 Å². The Morgan fingerprint density at radius 2 is 1.83 bits per heavy atom. The maximum absolute atomic E-state index is 12.3. The highest BCUT2D eigenvalue weighted by Gasteiger charge is 2.25. The van der Waals surface area contributed by atoms with E-state index in [1.807, 2.05) is 30.3 Å². The topological polar surface area (TPSA) is 84.9 Å². The maximum Gasteiger partial charge on any atom is 0.408 e. The third-order valence-electron chi connectivity index (χ3n) is 3.10. The van der Waals surface area contributed by atoms with Gasteiger partial charge in [-0.25, -0.2) is 9.59 Å². The Morgan fingerprint density at radius 1 is 1.17 bits per heavy atom. The highest BCUT2D eigenvalue weighted by molar-refractivity contribution is 5.81. The minimum Gasteiger partial charge on any atom is -0.459 e. The Labute approximate surface area is 143 Å². The number of carbonyl (C=O) groups excluding carboxylic acids is 2. The summed E-state index contributed by atoms with van der Waals surface area (Å²) in [6, 6.07) is 8.52. The molecular weight excluding hydrogens is 310 g/mol. The summed E-state index contributed by atoms with van der Waals surface area (Å²) in [4.78, 5) is 24.1. The zero-order chi connectivity index (χ0) is 18.0. The Hall–Kier alpha value is -2.08. The molecule has 0 unspecified atom stereocenters. The number of aliphatic hydroxyl groups is 1. The largest absolute Gasteiger partial charge is 0.459 e. The molecule has 0 bridgehead atoms. The van der Waals surface area contributed by atoms with Crippen molar-refractivity contribution in [2.24, 2.45) is 0 Å². The van der Waals surface area contributed by atoms with Gasteiger partial charge >= 0.3 is 12.1 Å². The lowest BCUT2D eigenvalue weighted by Gasteiger charge is -2.23. The molecule has 1 atom stereocenters. The summed E-state index contributed by atoms with van der Waals surface area (Å²) < 4.78 is 10.5. The van der Waals surface area contributed by atoms with Crippen molar-refractivity contribution in [1.29, 1.82) is 0 Å². The molecular formula is C18H27NO5. The molecule has 1 amide bonds. The van der Waals surface area contributed by atoms with E-state index in [0.717, 1.165) is 5.56 Å². The number of rotatable bonds is 8. The number of hydrogen-bond donors (Lipinski definition) is 2. The van der Waals surface area contributed by atoms with Gasteiger partial charge in [-0.05, 0) is 45.6 Å². The van der Waals surface area contributed by atoms with Gasteiger partial charge in [0.2, 0.25) is 0 Å². The molecule has 0 fully saturated rings. The molecule has 1 aromatic rings. The molecule has 24 heavy (non-hydrogen) atoms. The third kappa shape index (κ3) is 8.53. The highest BCUT2D eigenvalue weighted by atomic mass is 16.6. The zero-order valence-electron chi connectivity index (χ0n) is 14.6. The number of alkyl carbamates (subject to hydrolysis) is 1. The van der Waals surface area contributed by atoms with Crippen LogP contribution >= 0.6 is 0 Å². The minimum atomic E-state index is -0.796. The molecule has 2 N–H and O–H groups in total. The molecule has 0 aliphatic rings. The number of unbranched alkanes of at least 4 members (excludes halogenated alkanes) is 1. The van der Waals surface area contributed by atoms with Crippen LogP contribution in [0.2, 0.25) is 0 Å². The first-order valence-electron chi connectivity index (χ1n) is 8.13. The minimum absolute atomic E-state index is 0.0399. The van der Waals surface area contributed by atoms with E-state index in [9.17, 15) is 9.59 Å². The van der Waals surface area contributed by atoms with Gasteiger partial charge in [-0.15, -0.1) is 0 Å². The zero-order valence-corrected chi connectivity index (χ0v) is 14.6. The average molecular weight is 337 g/mol. The molecule has 0 spiro atoms. The summed E-state index contributed by atoms with van der Waals surface area (Å²) in [5.74, 6) is -0.511. The predicted octanol–water partition coefficient (Wildman–Crippen LogP) is 2.79. The van der Waals surface area contributed by atoms with E-state index >= 15 is 0 Å². The van der Waals surface area contributed by atoms with Crippen LogP contribution in [0.1, 0.15) is 45.6 Å². The first-order chi connectivity index (χ1) is 11.3. The summed E-state index contributed by atoms with van der Waals surface area (Å²) in [5.41, 5.74) is 0.227. The molecule has 0 saturated heterocycles. The molecule has 134 valence electrons. The van der Waals surface area contributed by atoms with Crippen molar-refractivity contribution in [2.45, 2.75) is 58.3 Å². The fourth-order valence-electron chi connectivity index (χ4n) is 1.99. The second kappa shape index (κ2) is 9.93. The number of aliphatic hydroxyl groups excluding tert-OH is 1. The van der Waals surface area contributed by atoms with Crippen LogP contribution in [-0.4, -0.2) is 35.4 Å². The highest BCUT2D eigenvalue weighted by Crippen LogP contribution is 2.10. The molecule has 0 saturated carbocycles. The Morgan fingerprint density at radius 3 is 2.42 bits per heavy atom. The van der Waals surface area contributed by atoms with E-state index in [0.29, 0.717) is 19.3 Å². The number of esters is 1. The van der Waals surface area contributed by atoms with Crippen LogP contribution < -0.4 is 5.32 Å². The molecule has 6 heteroatoms. The number of carbonyl (C=O) groups is 2. The first-order valence-corrected chi connectivity index (χ1v) is 8.13. The van der Waals surface area contributed by atoms with Crippen molar-refractivity contribution in [3.63, 3.8) is 0 Å². The van der Waals surface area contributed by atoms with Crippen LogP contribution in [-0.2, 0) is 20.9 Å². The fraction of sp³-hybridized carbons (Fsp3) is 0.556. The lowest BCUT2D eigenvalue weighted by atomic mass is 10.1. The predicted molar refractivity (Wildman–Crippen MR) is 90.3 cm³/mol. The molecule has 1 aromatic carbocycles. The van der Waals surface area contributed by atoms with Gasteiger partial charge in [0.25, 0.3) is 0 Å². The van der Waals surface area contributed by atoms with Crippen LogP contribution in [0.5, 0.6) is 0 Å². The van der Waals surface area contributed by atoms with Gasteiger partial charge in [0.05, 0.1) is 0 Å². The summed E-state index contributed by atoms with van der Waals surface area (Å²) >= 11 is 0. The number of nitrogens with one attached hydrogen (secondary N) is 1. The van der Waals surface area contributed by atoms with Crippen molar-refractivity contribution in [2.75, 3.05) is 6.61 Å². The number of benzene rings is 1. The van der Waals surface area contributed by atoms with Crippen LogP contribution in [0.15, 0.2) is 30.3 Å². The van der Waals surface area contributed by atoms with Crippen molar-refractivity contribution < 1.29 is 24.2 Å². The normalized spacial score (nSPS) is 12.3. The van der Waals surface area contributed by atoms with Crippen molar-refractivity contribution in [3.8, 4) is 0 Å². The summed E-state index contributed by atoms with van der Waals surface area (Å²) in [7, 11) is 0. The molecule has 0 aromatic heterocycles. The number of amides is 1. The molecule has 6 nitrogen and oxygen atoms in total. The Balaban J connectivity index is 2.58. The van der Waals surface area contributed by atoms with E-state index in [1.165, 1.54) is 0 Å². The van der Waals surface area contributed by atoms with E-state index in [-0.39, 0.29) is 13.2 Å². The summed E-state index contributed by atoms with van der Waals surface area (Å²) in [5, 5.41) is 11.4. The molecule has 0 aliphatic heterocycles. The van der Waals surface area contributed by atoms with Crippen LogP contribution in [0, 0.1) is 0 Å². The van der Waals surface area contributed by atoms with E-state index in [2.05, 4.69) is 5.32 Å². The number of ether oxygens (including phenoxy) is 2. The van der Waals surface area contributed by atoms with E-state index in [1.54, 1.807) is 20.8 Å². The van der Waals surface area contributed by atoms with Gasteiger partial charge in [0.1, 0.15) is 18.2 Å². The first kappa shape index (κ1) is 20.0. The molecule has 1 rings (SSSR count). The second-order valence-corrected chi connectivity index (χ2v) is 6.51. The third-order valence-corrected chi connectivity index (χ3v) is 3.10. The summed E-state index contributed by atoms with van der Waals surface area (Å²) in [6.07, 6.45) is 0.872. The number of hydrogen-bond acceptors (Lipinski definition) is 5. The SMILES string of the molecule is CC(C)(C)OC(=O)N[C@H](CCCCO)C(=O)OCc1ccccc1. The van der Waals surface area contributed by atoms with Gasteiger partial charge in [-0.1, -0.05) is 30.3 Å². The van der Waals surface area contributed by atoms with Crippen molar-refractivity contribution >= 4 is 12.1 Å². The van der Waals surface area contributed by atoms with Crippen molar-refractivity contribution in [3.05, 3.63) is 35.9 Å². The van der Waals surface area contributed by atoms with Crippen LogP contribution in [0.4, 0.5) is 4.79 Å². The van der Waals surface area contributed by atoms with Gasteiger partial charge in [-0.2, -0.15) is 0 Å². The molecule has 0 radical (unpaired) electrons. The smallest absolute Gasteiger partial charge is 0.408 e. The lowest BCUT2D eigenvalue weighted by molar-refractivity contribution is -0.147.